The molecule has 0 saturated heterocycles. The van der Waals surface area contributed by atoms with Crippen molar-refractivity contribution < 1.29 is 22.5 Å². The van der Waals surface area contributed by atoms with Crippen molar-refractivity contribution in [3.63, 3.8) is 0 Å². The lowest BCUT2D eigenvalue weighted by Gasteiger charge is -2.17. The van der Waals surface area contributed by atoms with Crippen LogP contribution in [0.15, 0.2) is 22.7 Å². The molecule has 1 N–H and O–H groups in total. The molecule has 0 saturated carbocycles. The molecule has 1 aromatic rings. The van der Waals surface area contributed by atoms with Crippen LogP contribution in [0, 0.1) is 10.1 Å². The standard InChI is InChI=1S/C9H7BrF4N2O2/c10-6-3-5(16(17)18)1-2-7(6)15-4-9(13,14)8(11)12/h1-3,8,15H,4H2. The zero-order chi connectivity index (χ0) is 13.9. The van der Waals surface area contributed by atoms with Crippen molar-refractivity contribution >= 4 is 27.3 Å². The normalized spacial score (nSPS) is 11.7. The van der Waals surface area contributed by atoms with Gasteiger partial charge in [0, 0.05) is 22.3 Å². The van der Waals surface area contributed by atoms with Crippen LogP contribution >= 0.6 is 15.9 Å². The van der Waals surface area contributed by atoms with Gasteiger partial charge in [0.05, 0.1) is 11.5 Å². The van der Waals surface area contributed by atoms with Crippen molar-refractivity contribution in [1.29, 1.82) is 0 Å². The molecule has 0 amide bonds. The first-order valence-electron chi connectivity index (χ1n) is 4.58. The summed E-state index contributed by atoms with van der Waals surface area (Å²) in [5, 5.41) is 12.5. The summed E-state index contributed by atoms with van der Waals surface area (Å²) in [5.41, 5.74) is -0.172. The number of nitrogens with one attached hydrogen (secondary N) is 1. The molecule has 0 aliphatic rings. The molecular formula is C9H7BrF4N2O2. The first-order valence-corrected chi connectivity index (χ1v) is 5.37. The van der Waals surface area contributed by atoms with E-state index >= 15 is 0 Å². The lowest BCUT2D eigenvalue weighted by molar-refractivity contribution is -0.384. The zero-order valence-corrected chi connectivity index (χ0v) is 10.3. The number of halogens is 5. The van der Waals surface area contributed by atoms with Gasteiger partial charge >= 0.3 is 12.3 Å². The van der Waals surface area contributed by atoms with E-state index in [1.165, 1.54) is 0 Å². The van der Waals surface area contributed by atoms with E-state index in [0.717, 1.165) is 18.2 Å². The Morgan fingerprint density at radius 2 is 2.06 bits per heavy atom. The number of alkyl halides is 4. The molecule has 0 atom stereocenters. The van der Waals surface area contributed by atoms with Crippen molar-refractivity contribution in [3.05, 3.63) is 32.8 Å². The van der Waals surface area contributed by atoms with Gasteiger partial charge in [0.2, 0.25) is 0 Å². The Labute approximate surface area is 107 Å². The summed E-state index contributed by atoms with van der Waals surface area (Å²) >= 11 is 2.92. The number of benzene rings is 1. The predicted octanol–water partition coefficient (Wildman–Crippen LogP) is 3.67. The van der Waals surface area contributed by atoms with E-state index in [1.54, 1.807) is 0 Å². The highest BCUT2D eigenvalue weighted by Crippen LogP contribution is 2.29. The number of nitrogens with zero attached hydrogens (tertiary/aromatic N) is 1. The maximum Gasteiger partial charge on any atom is 0.324 e. The first kappa shape index (κ1) is 14.7. The smallest absolute Gasteiger partial charge is 0.324 e. The van der Waals surface area contributed by atoms with Crippen LogP contribution < -0.4 is 5.32 Å². The average Bonchev–Trinajstić information content (AvgIpc) is 2.26. The average molecular weight is 331 g/mol. The molecule has 0 aliphatic heterocycles. The molecule has 18 heavy (non-hydrogen) atoms. The largest absolute Gasteiger partial charge is 0.378 e. The van der Waals surface area contributed by atoms with Gasteiger partial charge in [0.15, 0.2) is 0 Å². The lowest BCUT2D eigenvalue weighted by Crippen LogP contribution is -2.34. The van der Waals surface area contributed by atoms with Crippen LogP contribution in [0.2, 0.25) is 0 Å². The third kappa shape index (κ3) is 3.56. The number of nitro groups is 1. The Hall–Kier alpha value is -1.38. The highest BCUT2D eigenvalue weighted by atomic mass is 79.9. The molecule has 0 spiro atoms. The summed E-state index contributed by atoms with van der Waals surface area (Å²) in [6.45, 7) is -1.26. The maximum absolute atomic E-state index is 12.6. The van der Waals surface area contributed by atoms with E-state index in [4.69, 9.17) is 0 Å². The lowest BCUT2D eigenvalue weighted by atomic mass is 10.2. The highest BCUT2D eigenvalue weighted by Gasteiger charge is 2.40. The minimum absolute atomic E-state index is 0.0703. The zero-order valence-electron chi connectivity index (χ0n) is 8.67. The summed E-state index contributed by atoms with van der Waals surface area (Å²) in [6.07, 6.45) is -3.78. The number of anilines is 1. The van der Waals surface area contributed by atoms with Crippen LogP contribution in [0.3, 0.4) is 0 Å². The molecule has 0 bridgehead atoms. The monoisotopic (exact) mass is 330 g/mol. The van der Waals surface area contributed by atoms with Crippen molar-refractivity contribution in [2.75, 3.05) is 11.9 Å². The molecule has 0 heterocycles. The van der Waals surface area contributed by atoms with Crippen molar-refractivity contribution in [1.82, 2.24) is 0 Å². The Morgan fingerprint density at radius 1 is 1.44 bits per heavy atom. The van der Waals surface area contributed by atoms with Crippen LogP contribution in [0.4, 0.5) is 28.9 Å². The second kappa shape index (κ2) is 5.51. The molecule has 4 nitrogen and oxygen atoms in total. The fraction of sp³-hybridized carbons (Fsp3) is 0.333. The third-order valence-corrected chi connectivity index (χ3v) is 2.65. The number of nitro benzene ring substituents is 1. The fourth-order valence-electron chi connectivity index (χ4n) is 1.05. The van der Waals surface area contributed by atoms with Gasteiger partial charge in [-0.1, -0.05) is 0 Å². The summed E-state index contributed by atoms with van der Waals surface area (Å²) in [7, 11) is 0. The molecule has 0 radical (unpaired) electrons. The predicted molar refractivity (Wildman–Crippen MR) is 60.2 cm³/mol. The van der Waals surface area contributed by atoms with E-state index < -0.39 is 23.8 Å². The number of hydrogen-bond donors (Lipinski definition) is 1. The number of rotatable bonds is 5. The molecule has 0 fully saturated rings. The van der Waals surface area contributed by atoms with Gasteiger partial charge < -0.3 is 5.32 Å². The fourth-order valence-corrected chi connectivity index (χ4v) is 1.56. The van der Waals surface area contributed by atoms with Gasteiger partial charge in [0.1, 0.15) is 0 Å². The number of hydrogen-bond acceptors (Lipinski definition) is 3. The molecule has 1 aromatic carbocycles. The third-order valence-electron chi connectivity index (χ3n) is 2.00. The molecule has 0 aromatic heterocycles. The Bertz CT molecular complexity index is 456. The van der Waals surface area contributed by atoms with Gasteiger partial charge in [-0.05, 0) is 22.0 Å². The molecule has 9 heteroatoms. The Morgan fingerprint density at radius 3 is 2.50 bits per heavy atom. The summed E-state index contributed by atoms with van der Waals surface area (Å²) in [5.74, 6) is -4.17. The van der Waals surface area contributed by atoms with Crippen molar-refractivity contribution in [3.8, 4) is 0 Å². The number of non-ortho nitro benzene ring substituents is 1. The van der Waals surface area contributed by atoms with E-state index in [1.807, 2.05) is 0 Å². The minimum atomic E-state index is -4.17. The summed E-state index contributed by atoms with van der Waals surface area (Å²) in [4.78, 5) is 9.75. The maximum atomic E-state index is 12.6. The van der Waals surface area contributed by atoms with Gasteiger partial charge in [0.25, 0.3) is 5.69 Å². The summed E-state index contributed by atoms with van der Waals surface area (Å²) in [6, 6.07) is 3.32. The van der Waals surface area contributed by atoms with Gasteiger partial charge in [-0.15, -0.1) is 0 Å². The Balaban J connectivity index is 2.78. The van der Waals surface area contributed by atoms with Crippen LogP contribution in [0.5, 0.6) is 0 Å². The highest BCUT2D eigenvalue weighted by molar-refractivity contribution is 9.10. The van der Waals surface area contributed by atoms with Gasteiger partial charge in [-0.3, -0.25) is 10.1 Å². The second-order valence-electron chi connectivity index (χ2n) is 3.34. The van der Waals surface area contributed by atoms with E-state index in [0.29, 0.717) is 0 Å². The van der Waals surface area contributed by atoms with Gasteiger partial charge in [-0.25, -0.2) is 8.78 Å². The second-order valence-corrected chi connectivity index (χ2v) is 4.19. The van der Waals surface area contributed by atoms with Crippen molar-refractivity contribution in [2.24, 2.45) is 0 Å². The SMILES string of the molecule is O=[N+]([O-])c1ccc(NCC(F)(F)C(F)F)c(Br)c1. The minimum Gasteiger partial charge on any atom is -0.378 e. The van der Waals surface area contributed by atoms with E-state index in [-0.39, 0.29) is 15.8 Å². The molecule has 0 aliphatic carbocycles. The van der Waals surface area contributed by atoms with Crippen LogP contribution in [-0.2, 0) is 0 Å². The molecular weight excluding hydrogens is 324 g/mol. The Kier molecular flexibility index (Phi) is 4.49. The van der Waals surface area contributed by atoms with E-state index in [9.17, 15) is 27.7 Å². The molecule has 1 rings (SSSR count). The molecule has 0 unspecified atom stereocenters. The summed E-state index contributed by atoms with van der Waals surface area (Å²) < 4.78 is 49.2. The molecule has 100 valence electrons. The van der Waals surface area contributed by atoms with Crippen molar-refractivity contribution in [2.45, 2.75) is 12.3 Å². The topological polar surface area (TPSA) is 55.2 Å². The van der Waals surface area contributed by atoms with Crippen LogP contribution in [0.1, 0.15) is 0 Å². The van der Waals surface area contributed by atoms with E-state index in [2.05, 4.69) is 21.2 Å². The van der Waals surface area contributed by atoms with Crippen LogP contribution in [0.25, 0.3) is 0 Å². The van der Waals surface area contributed by atoms with Crippen LogP contribution in [-0.4, -0.2) is 23.8 Å². The quantitative estimate of drug-likeness (QED) is 0.509. The first-order chi connectivity index (χ1) is 8.24. The van der Waals surface area contributed by atoms with Gasteiger partial charge in [-0.2, -0.15) is 8.78 Å².